The first-order valence-electron chi connectivity index (χ1n) is 8.48. The number of benzene rings is 1. The van der Waals surface area contributed by atoms with E-state index in [4.69, 9.17) is 5.73 Å². The number of hydrogen-bond donors (Lipinski definition) is 3. The molecule has 4 unspecified atom stereocenters. The Morgan fingerprint density at radius 3 is 2.52 bits per heavy atom. The fourth-order valence-corrected chi connectivity index (χ4v) is 4.75. The van der Waals surface area contributed by atoms with Crippen LogP contribution in [0.3, 0.4) is 0 Å². The number of nitrogens with one attached hydrogen (secondary N) is 2. The molecule has 140 valence electrons. The second-order valence-electron chi connectivity index (χ2n) is 6.96. The average molecular weight is 388 g/mol. The van der Waals surface area contributed by atoms with Crippen molar-refractivity contribution in [2.75, 3.05) is 15.8 Å². The van der Waals surface area contributed by atoms with Crippen molar-refractivity contribution < 1.29 is 13.2 Å². The summed E-state index contributed by atoms with van der Waals surface area (Å²) in [5, 5.41) is 2.95. The number of aryl methyl sites for hydroxylation is 1. The van der Waals surface area contributed by atoms with Crippen molar-refractivity contribution in [1.29, 1.82) is 0 Å². The van der Waals surface area contributed by atoms with Crippen LogP contribution in [0.15, 0.2) is 18.2 Å². The zero-order valence-corrected chi connectivity index (χ0v) is 16.1. The van der Waals surface area contributed by atoms with Gasteiger partial charge in [-0.3, -0.25) is 9.52 Å². The van der Waals surface area contributed by atoms with E-state index in [0.29, 0.717) is 23.2 Å². The van der Waals surface area contributed by atoms with Crippen molar-refractivity contribution >= 4 is 39.7 Å². The van der Waals surface area contributed by atoms with E-state index >= 15 is 0 Å². The van der Waals surface area contributed by atoms with Crippen molar-refractivity contribution in [3.8, 4) is 0 Å². The molecule has 1 aromatic carbocycles. The van der Waals surface area contributed by atoms with Crippen LogP contribution in [0.2, 0.25) is 0 Å². The number of carbonyl (C=O) groups is 1. The van der Waals surface area contributed by atoms with Crippen LogP contribution in [0.4, 0.5) is 11.4 Å². The van der Waals surface area contributed by atoms with Crippen LogP contribution in [0.1, 0.15) is 31.7 Å². The summed E-state index contributed by atoms with van der Waals surface area (Å²) in [6.45, 7) is 3.40. The van der Waals surface area contributed by atoms with Gasteiger partial charge in [0.2, 0.25) is 15.9 Å². The molecule has 2 aliphatic rings. The molecule has 2 aliphatic carbocycles. The highest BCUT2D eigenvalue weighted by Crippen LogP contribution is 2.47. The number of hydrogen-bond acceptors (Lipinski definition) is 4. The second-order valence-corrected chi connectivity index (χ2v) is 8.97. The second kappa shape index (κ2) is 7.51. The Labute approximate surface area is 155 Å². The van der Waals surface area contributed by atoms with E-state index in [-0.39, 0.29) is 36.0 Å². The Balaban J connectivity index is 0.00000225. The van der Waals surface area contributed by atoms with Crippen molar-refractivity contribution in [2.45, 2.75) is 39.2 Å². The summed E-state index contributed by atoms with van der Waals surface area (Å²) in [4.78, 5) is 12.6. The van der Waals surface area contributed by atoms with Crippen LogP contribution in [0.25, 0.3) is 0 Å². The molecule has 0 aromatic heterocycles. The lowest BCUT2D eigenvalue weighted by Gasteiger charge is -2.27. The van der Waals surface area contributed by atoms with Gasteiger partial charge in [-0.25, -0.2) is 8.42 Å². The number of nitrogens with two attached hydrogens (primary N) is 1. The normalized spacial score (nSPS) is 27.6. The van der Waals surface area contributed by atoms with Gasteiger partial charge in [0, 0.05) is 11.7 Å². The van der Waals surface area contributed by atoms with Crippen molar-refractivity contribution in [2.24, 2.45) is 23.5 Å². The number of carbonyl (C=O) groups excluding carboxylic acids is 1. The first-order chi connectivity index (χ1) is 11.3. The molecule has 1 aromatic rings. The maximum atomic E-state index is 12.6. The molecule has 2 fully saturated rings. The van der Waals surface area contributed by atoms with Crippen LogP contribution < -0.4 is 15.8 Å². The van der Waals surface area contributed by atoms with Gasteiger partial charge in [0.25, 0.3) is 0 Å². The van der Waals surface area contributed by atoms with Gasteiger partial charge >= 0.3 is 0 Å². The molecule has 2 bridgehead atoms. The van der Waals surface area contributed by atoms with Gasteiger partial charge in [0.1, 0.15) is 0 Å². The predicted molar refractivity (Wildman–Crippen MR) is 102 cm³/mol. The highest BCUT2D eigenvalue weighted by atomic mass is 35.5. The Morgan fingerprint density at radius 1 is 1.28 bits per heavy atom. The zero-order valence-electron chi connectivity index (χ0n) is 14.5. The third kappa shape index (κ3) is 4.10. The molecule has 4 N–H and O–H groups in total. The third-order valence-electron chi connectivity index (χ3n) is 5.42. The standard InChI is InChI=1S/C17H25N3O3S.ClH/c1-3-24(22,23)20-14-7-6-13(8-10(14)2)19-17(21)15-11-4-5-12(9-11)16(15)18;/h6-8,11-12,15-16,20H,3-5,9,18H2,1-2H3,(H,19,21);1H. The quantitative estimate of drug-likeness (QED) is 0.722. The Kier molecular flexibility index (Phi) is 6.01. The smallest absolute Gasteiger partial charge is 0.232 e. The van der Waals surface area contributed by atoms with E-state index in [0.717, 1.165) is 24.8 Å². The molecule has 25 heavy (non-hydrogen) atoms. The molecule has 0 heterocycles. The average Bonchev–Trinajstić information content (AvgIpc) is 3.11. The van der Waals surface area contributed by atoms with Crippen LogP contribution in [0, 0.1) is 24.7 Å². The summed E-state index contributed by atoms with van der Waals surface area (Å²) >= 11 is 0. The lowest BCUT2D eigenvalue weighted by molar-refractivity contribution is -0.121. The Bertz CT molecular complexity index is 752. The molecule has 1 amide bonds. The van der Waals surface area contributed by atoms with Gasteiger partial charge in [0.15, 0.2) is 0 Å². The molecule has 0 saturated heterocycles. The molecule has 2 saturated carbocycles. The van der Waals surface area contributed by atoms with Gasteiger partial charge in [-0.2, -0.15) is 0 Å². The molecule has 4 atom stereocenters. The minimum atomic E-state index is -3.31. The van der Waals surface area contributed by atoms with Gasteiger partial charge < -0.3 is 11.1 Å². The minimum absolute atomic E-state index is 0. The van der Waals surface area contributed by atoms with Crippen molar-refractivity contribution in [3.05, 3.63) is 23.8 Å². The zero-order chi connectivity index (χ0) is 17.5. The van der Waals surface area contributed by atoms with E-state index in [1.807, 2.05) is 6.92 Å². The highest BCUT2D eigenvalue weighted by molar-refractivity contribution is 7.92. The maximum Gasteiger partial charge on any atom is 0.232 e. The SMILES string of the molecule is CCS(=O)(=O)Nc1ccc(NC(=O)C2C3CCC(C3)C2N)cc1C.Cl. The molecule has 3 rings (SSSR count). The van der Waals surface area contributed by atoms with Gasteiger partial charge in [-0.05, 0) is 68.7 Å². The number of anilines is 2. The Morgan fingerprint density at radius 2 is 1.96 bits per heavy atom. The molecule has 0 radical (unpaired) electrons. The maximum absolute atomic E-state index is 12.6. The van der Waals surface area contributed by atoms with Crippen molar-refractivity contribution in [3.63, 3.8) is 0 Å². The first kappa shape index (κ1) is 20.0. The van der Waals surface area contributed by atoms with Crippen LogP contribution in [-0.2, 0) is 14.8 Å². The summed E-state index contributed by atoms with van der Waals surface area (Å²) < 4.78 is 25.9. The summed E-state index contributed by atoms with van der Waals surface area (Å²) in [5.41, 5.74) is 8.19. The molecule has 8 heteroatoms. The lowest BCUT2D eigenvalue weighted by atomic mass is 9.84. The molecular formula is C17H26ClN3O3S. The Hall–Kier alpha value is -1.31. The van der Waals surface area contributed by atoms with E-state index in [1.54, 1.807) is 25.1 Å². The van der Waals surface area contributed by atoms with Gasteiger partial charge in [0.05, 0.1) is 17.4 Å². The third-order valence-corrected chi connectivity index (χ3v) is 6.71. The van der Waals surface area contributed by atoms with E-state index in [2.05, 4.69) is 10.0 Å². The number of rotatable bonds is 5. The van der Waals surface area contributed by atoms with Crippen LogP contribution in [0.5, 0.6) is 0 Å². The highest BCUT2D eigenvalue weighted by Gasteiger charge is 2.49. The summed E-state index contributed by atoms with van der Waals surface area (Å²) in [6, 6.07) is 5.14. The number of halogens is 1. The number of fused-ring (bicyclic) bond motifs is 2. The fraction of sp³-hybridized carbons (Fsp3) is 0.588. The van der Waals surface area contributed by atoms with Crippen molar-refractivity contribution in [1.82, 2.24) is 0 Å². The van der Waals surface area contributed by atoms with Gasteiger partial charge in [-0.15, -0.1) is 12.4 Å². The lowest BCUT2D eigenvalue weighted by Crippen LogP contribution is -2.42. The first-order valence-corrected chi connectivity index (χ1v) is 10.1. The topological polar surface area (TPSA) is 101 Å². The van der Waals surface area contributed by atoms with E-state index < -0.39 is 10.0 Å². The molecule has 0 spiro atoms. The largest absolute Gasteiger partial charge is 0.327 e. The molecule has 6 nitrogen and oxygen atoms in total. The number of amides is 1. The number of sulfonamides is 1. The summed E-state index contributed by atoms with van der Waals surface area (Å²) in [6.07, 6.45) is 3.30. The predicted octanol–water partition coefficient (Wildman–Crippen LogP) is 2.49. The fourth-order valence-electron chi connectivity index (χ4n) is 4.05. The molecule has 0 aliphatic heterocycles. The molecular weight excluding hydrogens is 362 g/mol. The van der Waals surface area contributed by atoms with Crippen LogP contribution in [-0.4, -0.2) is 26.1 Å². The minimum Gasteiger partial charge on any atom is -0.327 e. The van der Waals surface area contributed by atoms with E-state index in [9.17, 15) is 13.2 Å². The van der Waals surface area contributed by atoms with Gasteiger partial charge in [-0.1, -0.05) is 0 Å². The van der Waals surface area contributed by atoms with E-state index in [1.165, 1.54) is 0 Å². The van der Waals surface area contributed by atoms with Crippen LogP contribution >= 0.6 is 12.4 Å². The monoisotopic (exact) mass is 387 g/mol. The summed E-state index contributed by atoms with van der Waals surface area (Å²) in [7, 11) is -3.31. The summed E-state index contributed by atoms with van der Waals surface area (Å²) in [5.74, 6) is 0.783.